The second kappa shape index (κ2) is 7.66. The number of aromatic nitrogens is 2. The van der Waals surface area contributed by atoms with Crippen molar-refractivity contribution < 1.29 is 9.32 Å². The lowest BCUT2D eigenvalue weighted by molar-refractivity contribution is 0.192. The smallest absolute Gasteiger partial charge is 0.317 e. The maximum Gasteiger partial charge on any atom is 0.317 e. The first-order chi connectivity index (χ1) is 11.6. The Balaban J connectivity index is 1.57. The predicted octanol–water partition coefficient (Wildman–Crippen LogP) is 3.86. The molecule has 1 aromatic carbocycles. The number of rotatable bonds is 4. The van der Waals surface area contributed by atoms with E-state index in [2.05, 4.69) is 15.5 Å². The fourth-order valence-corrected chi connectivity index (χ4v) is 2.97. The summed E-state index contributed by atoms with van der Waals surface area (Å²) in [6.07, 6.45) is 5.74. The summed E-state index contributed by atoms with van der Waals surface area (Å²) in [7, 11) is 1.73. The van der Waals surface area contributed by atoms with E-state index in [1.165, 1.54) is 19.3 Å². The molecule has 1 aliphatic carbocycles. The third-order valence-electron chi connectivity index (χ3n) is 4.22. The number of hydrogen-bond donors (Lipinski definition) is 1. The van der Waals surface area contributed by atoms with E-state index < -0.39 is 0 Å². The molecular weight excluding hydrogens is 328 g/mol. The van der Waals surface area contributed by atoms with Crippen LogP contribution in [-0.4, -0.2) is 34.2 Å². The summed E-state index contributed by atoms with van der Waals surface area (Å²) in [6.45, 7) is 0.277. The zero-order valence-electron chi connectivity index (χ0n) is 13.7. The maximum atomic E-state index is 12.2. The van der Waals surface area contributed by atoms with Gasteiger partial charge in [0.15, 0.2) is 0 Å². The number of carbonyl (C=O) groups is 1. The molecule has 3 rings (SSSR count). The minimum atomic E-state index is -0.104. The lowest BCUT2D eigenvalue weighted by atomic mass is 9.96. The summed E-state index contributed by atoms with van der Waals surface area (Å²) in [5, 5.41) is 7.68. The summed E-state index contributed by atoms with van der Waals surface area (Å²) in [5.74, 6) is 0.893. The van der Waals surface area contributed by atoms with Crippen LogP contribution >= 0.6 is 11.6 Å². The van der Waals surface area contributed by atoms with E-state index in [1.54, 1.807) is 24.1 Å². The van der Waals surface area contributed by atoms with Gasteiger partial charge in [-0.1, -0.05) is 36.0 Å². The number of nitrogens with one attached hydrogen (secondary N) is 1. The highest BCUT2D eigenvalue weighted by Crippen LogP contribution is 2.19. The van der Waals surface area contributed by atoms with Gasteiger partial charge in [0.25, 0.3) is 0 Å². The van der Waals surface area contributed by atoms with Gasteiger partial charge in [0.1, 0.15) is 6.54 Å². The minimum absolute atomic E-state index is 0.104. The van der Waals surface area contributed by atoms with E-state index in [0.717, 1.165) is 18.4 Å². The predicted molar refractivity (Wildman–Crippen MR) is 91.6 cm³/mol. The lowest BCUT2D eigenvalue weighted by Gasteiger charge is -2.25. The van der Waals surface area contributed by atoms with E-state index in [4.69, 9.17) is 16.1 Å². The fourth-order valence-electron chi connectivity index (χ4n) is 2.84. The average Bonchev–Trinajstić information content (AvgIpc) is 3.05. The average molecular weight is 349 g/mol. The Kier molecular flexibility index (Phi) is 5.35. The summed E-state index contributed by atoms with van der Waals surface area (Å²) in [6, 6.07) is 7.38. The summed E-state index contributed by atoms with van der Waals surface area (Å²) in [5.41, 5.74) is 0.823. The quantitative estimate of drug-likeness (QED) is 0.910. The van der Waals surface area contributed by atoms with E-state index in [0.29, 0.717) is 16.7 Å². The summed E-state index contributed by atoms with van der Waals surface area (Å²) < 4.78 is 5.24. The van der Waals surface area contributed by atoms with E-state index in [-0.39, 0.29) is 18.6 Å². The number of carbonyl (C=O) groups excluding carboxylic acids is 1. The first-order valence-corrected chi connectivity index (χ1v) is 8.60. The molecule has 1 heterocycles. The Morgan fingerprint density at radius 2 is 2.00 bits per heavy atom. The van der Waals surface area contributed by atoms with Crippen molar-refractivity contribution in [3.8, 4) is 11.4 Å². The van der Waals surface area contributed by atoms with Gasteiger partial charge in [-0.3, -0.25) is 0 Å². The lowest BCUT2D eigenvalue weighted by Crippen LogP contribution is -2.43. The fraction of sp³-hybridized carbons (Fsp3) is 0.471. The van der Waals surface area contributed by atoms with Crippen LogP contribution in [0.4, 0.5) is 4.79 Å². The zero-order valence-corrected chi connectivity index (χ0v) is 14.4. The molecule has 1 saturated carbocycles. The Morgan fingerprint density at radius 1 is 1.29 bits per heavy atom. The second-order valence-electron chi connectivity index (χ2n) is 6.16. The third-order valence-corrected chi connectivity index (χ3v) is 4.47. The van der Waals surface area contributed by atoms with Crippen molar-refractivity contribution >= 4 is 17.6 Å². The summed E-state index contributed by atoms with van der Waals surface area (Å²) in [4.78, 5) is 18.1. The molecule has 2 aromatic rings. The topological polar surface area (TPSA) is 71.3 Å². The number of halogens is 1. The Morgan fingerprint density at radius 3 is 2.71 bits per heavy atom. The molecule has 1 aromatic heterocycles. The van der Waals surface area contributed by atoms with Crippen LogP contribution in [0.1, 0.15) is 38.0 Å². The monoisotopic (exact) mass is 348 g/mol. The molecule has 0 saturated heterocycles. The van der Waals surface area contributed by atoms with E-state index >= 15 is 0 Å². The van der Waals surface area contributed by atoms with Crippen LogP contribution < -0.4 is 5.32 Å². The van der Waals surface area contributed by atoms with Crippen molar-refractivity contribution in [1.29, 1.82) is 0 Å². The molecule has 0 bridgehead atoms. The molecular formula is C17H21ClN4O2. The molecule has 0 aliphatic heterocycles. The van der Waals surface area contributed by atoms with E-state index in [9.17, 15) is 4.79 Å². The van der Waals surface area contributed by atoms with Gasteiger partial charge in [-0.25, -0.2) is 4.79 Å². The zero-order chi connectivity index (χ0) is 16.9. The molecule has 1 fully saturated rings. The molecule has 24 heavy (non-hydrogen) atoms. The highest BCUT2D eigenvalue weighted by atomic mass is 35.5. The number of urea groups is 1. The minimum Gasteiger partial charge on any atom is -0.337 e. The molecule has 2 amide bonds. The van der Waals surface area contributed by atoms with Crippen LogP contribution in [0.5, 0.6) is 0 Å². The second-order valence-corrected chi connectivity index (χ2v) is 6.60. The van der Waals surface area contributed by atoms with Crippen molar-refractivity contribution in [2.45, 2.75) is 44.7 Å². The number of amides is 2. The maximum absolute atomic E-state index is 12.2. The molecule has 0 atom stereocenters. The van der Waals surface area contributed by atoms with Gasteiger partial charge in [0.05, 0.1) is 0 Å². The van der Waals surface area contributed by atoms with Crippen LogP contribution in [0.25, 0.3) is 11.4 Å². The van der Waals surface area contributed by atoms with Crippen molar-refractivity contribution in [1.82, 2.24) is 20.4 Å². The Bertz CT molecular complexity index is 680. The van der Waals surface area contributed by atoms with Crippen molar-refractivity contribution in [3.63, 3.8) is 0 Å². The summed E-state index contributed by atoms with van der Waals surface area (Å²) >= 11 is 5.87. The van der Waals surface area contributed by atoms with Crippen molar-refractivity contribution in [3.05, 3.63) is 35.2 Å². The molecule has 1 N–H and O–H groups in total. The number of benzene rings is 1. The van der Waals surface area contributed by atoms with Crippen LogP contribution in [0, 0.1) is 0 Å². The van der Waals surface area contributed by atoms with Gasteiger partial charge in [-0.2, -0.15) is 4.98 Å². The molecule has 7 heteroatoms. The van der Waals surface area contributed by atoms with Crippen LogP contribution in [-0.2, 0) is 6.54 Å². The first-order valence-electron chi connectivity index (χ1n) is 8.22. The van der Waals surface area contributed by atoms with E-state index in [1.807, 2.05) is 12.1 Å². The largest absolute Gasteiger partial charge is 0.337 e. The van der Waals surface area contributed by atoms with Gasteiger partial charge >= 0.3 is 6.03 Å². The Hall–Kier alpha value is -2.08. The molecule has 0 unspecified atom stereocenters. The van der Waals surface area contributed by atoms with Gasteiger partial charge in [0, 0.05) is 23.7 Å². The number of hydrogen-bond acceptors (Lipinski definition) is 4. The number of nitrogens with zero attached hydrogens (tertiary/aromatic N) is 3. The van der Waals surface area contributed by atoms with Gasteiger partial charge in [-0.05, 0) is 37.1 Å². The molecule has 0 radical (unpaired) electrons. The third kappa shape index (κ3) is 4.26. The molecule has 6 nitrogen and oxygen atoms in total. The molecule has 128 valence electrons. The Labute approximate surface area is 146 Å². The van der Waals surface area contributed by atoms with Crippen LogP contribution in [0.3, 0.4) is 0 Å². The normalized spacial score (nSPS) is 15.2. The van der Waals surface area contributed by atoms with Crippen molar-refractivity contribution in [2.75, 3.05) is 7.05 Å². The van der Waals surface area contributed by atoms with Crippen LogP contribution in [0.2, 0.25) is 5.02 Å². The standard InChI is InChI=1S/C17H21ClN4O2/c1-22(17(23)19-14-5-3-2-4-6-14)11-15-20-16(21-24-15)12-7-9-13(18)10-8-12/h7-10,14H,2-6,11H2,1H3,(H,19,23). The first kappa shape index (κ1) is 16.8. The SMILES string of the molecule is CN(Cc1nc(-c2ccc(Cl)cc2)no1)C(=O)NC1CCCCC1. The van der Waals surface area contributed by atoms with Crippen LogP contribution in [0.15, 0.2) is 28.8 Å². The highest BCUT2D eigenvalue weighted by molar-refractivity contribution is 6.30. The highest BCUT2D eigenvalue weighted by Gasteiger charge is 2.19. The van der Waals surface area contributed by atoms with Crippen molar-refractivity contribution in [2.24, 2.45) is 0 Å². The molecule has 1 aliphatic rings. The van der Waals surface area contributed by atoms with Gasteiger partial charge < -0.3 is 14.7 Å². The molecule has 0 spiro atoms. The van der Waals surface area contributed by atoms with Gasteiger partial charge in [0.2, 0.25) is 11.7 Å². The van der Waals surface area contributed by atoms with Gasteiger partial charge in [-0.15, -0.1) is 0 Å².